The molecule has 1 atom stereocenters. The number of nitrogens with zero attached hydrogens (tertiary/aromatic N) is 2. The van der Waals surface area contributed by atoms with E-state index in [4.69, 9.17) is 0 Å². The van der Waals surface area contributed by atoms with Crippen molar-refractivity contribution in [1.82, 2.24) is 15.1 Å². The minimum absolute atomic E-state index is 0.480. The number of hydrogen-bond donors (Lipinski definition) is 1. The summed E-state index contributed by atoms with van der Waals surface area (Å²) in [6.07, 6.45) is 2.02. The average molecular weight is 285 g/mol. The van der Waals surface area contributed by atoms with Crippen LogP contribution in [0.25, 0.3) is 0 Å². The highest BCUT2D eigenvalue weighted by Crippen LogP contribution is 2.21. The van der Waals surface area contributed by atoms with E-state index in [-0.39, 0.29) is 0 Å². The predicted octanol–water partition coefficient (Wildman–Crippen LogP) is 3.31. The second kappa shape index (κ2) is 7.41. The van der Waals surface area contributed by atoms with Crippen LogP contribution in [-0.2, 0) is 19.9 Å². The van der Waals surface area contributed by atoms with Gasteiger partial charge in [0.1, 0.15) is 0 Å². The number of nitrogens with one attached hydrogen (secondary N) is 1. The summed E-state index contributed by atoms with van der Waals surface area (Å²) in [4.78, 5) is 0. The minimum atomic E-state index is 0.480. The van der Waals surface area contributed by atoms with E-state index >= 15 is 0 Å². The average Bonchev–Trinajstić information content (AvgIpc) is 2.84. The normalized spacial score (nSPS) is 12.8. The van der Waals surface area contributed by atoms with Crippen LogP contribution < -0.4 is 5.32 Å². The molecule has 1 N–H and O–H groups in total. The summed E-state index contributed by atoms with van der Waals surface area (Å²) in [6.45, 7) is 7.54. The Balaban J connectivity index is 2.17. The highest BCUT2D eigenvalue weighted by Gasteiger charge is 2.15. The third-order valence-electron chi connectivity index (χ3n) is 3.89. The molecule has 0 bridgehead atoms. The van der Waals surface area contributed by atoms with Crippen molar-refractivity contribution in [2.24, 2.45) is 7.05 Å². The standard InChI is InChI=1S/C18H27N3/c1-5-17-12-18(21(4)20-17)11-16(13-19-14(2)3)15-9-7-6-8-10-15/h6-10,12,14,16,19H,5,11,13H2,1-4H3. The largest absolute Gasteiger partial charge is 0.314 e. The first-order chi connectivity index (χ1) is 10.1. The van der Waals surface area contributed by atoms with Crippen LogP contribution in [0.4, 0.5) is 0 Å². The van der Waals surface area contributed by atoms with Crippen LogP contribution in [0.2, 0.25) is 0 Å². The molecule has 2 rings (SSSR count). The van der Waals surface area contributed by atoms with Crippen molar-refractivity contribution >= 4 is 0 Å². The first-order valence-electron chi connectivity index (χ1n) is 7.90. The third-order valence-corrected chi connectivity index (χ3v) is 3.89. The number of aromatic nitrogens is 2. The molecule has 0 fully saturated rings. The molecule has 0 aliphatic heterocycles. The number of benzene rings is 1. The first kappa shape index (κ1) is 15.8. The molecule has 0 aliphatic carbocycles. The van der Waals surface area contributed by atoms with Crippen molar-refractivity contribution in [3.05, 3.63) is 53.3 Å². The molecule has 0 saturated heterocycles. The van der Waals surface area contributed by atoms with E-state index in [1.54, 1.807) is 0 Å². The van der Waals surface area contributed by atoms with Crippen LogP contribution >= 0.6 is 0 Å². The summed E-state index contributed by atoms with van der Waals surface area (Å²) in [5.74, 6) is 0.480. The van der Waals surface area contributed by atoms with Gasteiger partial charge in [0.05, 0.1) is 5.69 Å². The summed E-state index contributed by atoms with van der Waals surface area (Å²) >= 11 is 0. The zero-order valence-electron chi connectivity index (χ0n) is 13.6. The maximum atomic E-state index is 4.57. The smallest absolute Gasteiger partial charge is 0.0624 e. The van der Waals surface area contributed by atoms with Crippen molar-refractivity contribution < 1.29 is 0 Å². The predicted molar refractivity (Wildman–Crippen MR) is 88.6 cm³/mol. The molecule has 1 heterocycles. The molecule has 3 heteroatoms. The molecule has 2 aromatic rings. The van der Waals surface area contributed by atoms with E-state index in [2.05, 4.69) is 67.6 Å². The summed E-state index contributed by atoms with van der Waals surface area (Å²) in [5.41, 5.74) is 3.88. The van der Waals surface area contributed by atoms with Gasteiger partial charge in [0.2, 0.25) is 0 Å². The molecule has 1 aromatic heterocycles. The second-order valence-electron chi connectivity index (χ2n) is 5.98. The Kier molecular flexibility index (Phi) is 5.57. The van der Waals surface area contributed by atoms with Crippen molar-refractivity contribution in [2.75, 3.05) is 6.54 Å². The maximum Gasteiger partial charge on any atom is 0.0624 e. The van der Waals surface area contributed by atoms with Crippen molar-refractivity contribution in [1.29, 1.82) is 0 Å². The molecule has 114 valence electrons. The van der Waals surface area contributed by atoms with Gasteiger partial charge in [-0.1, -0.05) is 51.1 Å². The van der Waals surface area contributed by atoms with Gasteiger partial charge in [-0.05, 0) is 24.5 Å². The summed E-state index contributed by atoms with van der Waals surface area (Å²) < 4.78 is 2.03. The molecule has 0 spiro atoms. The lowest BCUT2D eigenvalue weighted by Crippen LogP contribution is -2.29. The van der Waals surface area contributed by atoms with E-state index in [0.29, 0.717) is 12.0 Å². The van der Waals surface area contributed by atoms with E-state index in [1.165, 1.54) is 17.0 Å². The van der Waals surface area contributed by atoms with Gasteiger partial charge in [0.25, 0.3) is 0 Å². The highest BCUT2D eigenvalue weighted by atomic mass is 15.3. The summed E-state index contributed by atoms with van der Waals surface area (Å²) in [7, 11) is 2.05. The van der Waals surface area contributed by atoms with Gasteiger partial charge in [-0.15, -0.1) is 0 Å². The van der Waals surface area contributed by atoms with Crippen LogP contribution in [0.1, 0.15) is 43.6 Å². The Hall–Kier alpha value is -1.61. The van der Waals surface area contributed by atoms with Crippen LogP contribution in [0.15, 0.2) is 36.4 Å². The fourth-order valence-electron chi connectivity index (χ4n) is 2.60. The van der Waals surface area contributed by atoms with Crippen LogP contribution in [-0.4, -0.2) is 22.4 Å². The zero-order chi connectivity index (χ0) is 15.2. The van der Waals surface area contributed by atoms with Gasteiger partial charge in [0.15, 0.2) is 0 Å². The third kappa shape index (κ3) is 4.43. The quantitative estimate of drug-likeness (QED) is 0.846. The van der Waals surface area contributed by atoms with Gasteiger partial charge in [0, 0.05) is 31.2 Å². The Morgan fingerprint density at radius 3 is 2.48 bits per heavy atom. The number of aryl methyl sites for hydroxylation is 2. The fraction of sp³-hybridized carbons (Fsp3) is 0.500. The van der Waals surface area contributed by atoms with Crippen LogP contribution in [0, 0.1) is 0 Å². The van der Waals surface area contributed by atoms with Crippen molar-refractivity contribution in [3.8, 4) is 0 Å². The molecule has 0 amide bonds. The molecular weight excluding hydrogens is 258 g/mol. The number of rotatable bonds is 7. The van der Waals surface area contributed by atoms with Crippen molar-refractivity contribution in [2.45, 2.75) is 45.6 Å². The Bertz CT molecular complexity index is 543. The lowest BCUT2D eigenvalue weighted by Gasteiger charge is -2.20. The molecule has 21 heavy (non-hydrogen) atoms. The molecule has 1 unspecified atom stereocenters. The van der Waals surface area contributed by atoms with E-state index in [1.807, 2.05) is 11.7 Å². The molecule has 3 nitrogen and oxygen atoms in total. The molecular formula is C18H27N3. The Morgan fingerprint density at radius 1 is 1.19 bits per heavy atom. The second-order valence-corrected chi connectivity index (χ2v) is 5.98. The van der Waals surface area contributed by atoms with E-state index in [0.717, 1.165) is 19.4 Å². The molecule has 0 saturated carbocycles. The summed E-state index contributed by atoms with van der Waals surface area (Å²) in [6, 6.07) is 13.5. The Labute approximate surface area is 128 Å². The molecule has 0 radical (unpaired) electrons. The lowest BCUT2D eigenvalue weighted by molar-refractivity contribution is 0.516. The van der Waals surface area contributed by atoms with Gasteiger partial charge < -0.3 is 5.32 Å². The Morgan fingerprint density at radius 2 is 1.90 bits per heavy atom. The van der Waals surface area contributed by atoms with E-state index in [9.17, 15) is 0 Å². The van der Waals surface area contributed by atoms with Gasteiger partial charge in [-0.2, -0.15) is 5.10 Å². The SMILES string of the molecule is CCc1cc(CC(CNC(C)C)c2ccccc2)n(C)n1. The zero-order valence-corrected chi connectivity index (χ0v) is 13.6. The highest BCUT2D eigenvalue weighted by molar-refractivity contribution is 5.23. The van der Waals surface area contributed by atoms with Crippen molar-refractivity contribution in [3.63, 3.8) is 0 Å². The van der Waals surface area contributed by atoms with Gasteiger partial charge >= 0.3 is 0 Å². The maximum absolute atomic E-state index is 4.57. The van der Waals surface area contributed by atoms with Gasteiger partial charge in [-0.3, -0.25) is 4.68 Å². The lowest BCUT2D eigenvalue weighted by atomic mass is 9.93. The minimum Gasteiger partial charge on any atom is -0.314 e. The van der Waals surface area contributed by atoms with Crippen LogP contribution in [0.3, 0.4) is 0 Å². The van der Waals surface area contributed by atoms with Crippen LogP contribution in [0.5, 0.6) is 0 Å². The molecule has 1 aromatic carbocycles. The number of hydrogen-bond acceptors (Lipinski definition) is 2. The van der Waals surface area contributed by atoms with E-state index < -0.39 is 0 Å². The van der Waals surface area contributed by atoms with Gasteiger partial charge in [-0.25, -0.2) is 0 Å². The topological polar surface area (TPSA) is 29.9 Å². The summed E-state index contributed by atoms with van der Waals surface area (Å²) in [5, 5.41) is 8.14. The molecule has 0 aliphatic rings. The first-order valence-corrected chi connectivity index (χ1v) is 7.90. The monoisotopic (exact) mass is 285 g/mol. The fourth-order valence-corrected chi connectivity index (χ4v) is 2.60.